The first-order chi connectivity index (χ1) is 7.72. The molecule has 0 saturated heterocycles. The quantitative estimate of drug-likeness (QED) is 0.608. The highest BCUT2D eigenvalue weighted by atomic mass is 15.1. The van der Waals surface area contributed by atoms with Gasteiger partial charge >= 0.3 is 0 Å². The summed E-state index contributed by atoms with van der Waals surface area (Å²) in [5.41, 5.74) is 0. The predicted molar refractivity (Wildman–Crippen MR) is 67.1 cm³/mol. The molecule has 3 nitrogen and oxygen atoms in total. The van der Waals surface area contributed by atoms with E-state index < -0.39 is 0 Å². The lowest BCUT2D eigenvalue weighted by Crippen LogP contribution is -2.32. The van der Waals surface area contributed by atoms with Crippen molar-refractivity contribution in [1.82, 2.24) is 10.2 Å². The third kappa shape index (κ3) is 6.81. The molecule has 1 aliphatic carbocycles. The molecule has 0 atom stereocenters. The molecule has 1 N–H and O–H groups in total. The van der Waals surface area contributed by atoms with Crippen molar-refractivity contribution < 1.29 is 0 Å². The summed E-state index contributed by atoms with van der Waals surface area (Å²) >= 11 is 0. The van der Waals surface area contributed by atoms with Gasteiger partial charge in [-0.3, -0.25) is 0 Å². The zero-order valence-electron chi connectivity index (χ0n) is 10.7. The maximum absolute atomic E-state index is 8.61. The molecule has 0 bridgehead atoms. The van der Waals surface area contributed by atoms with Gasteiger partial charge in [0.15, 0.2) is 0 Å². The minimum Gasteiger partial charge on any atom is -0.314 e. The molecule has 1 fully saturated rings. The Labute approximate surface area is 99.8 Å². The van der Waals surface area contributed by atoms with Crippen LogP contribution in [0.1, 0.15) is 39.5 Å². The van der Waals surface area contributed by atoms with E-state index in [2.05, 4.69) is 30.1 Å². The van der Waals surface area contributed by atoms with Crippen LogP contribution in [0.5, 0.6) is 0 Å². The van der Waals surface area contributed by atoms with Crippen molar-refractivity contribution in [1.29, 1.82) is 5.26 Å². The van der Waals surface area contributed by atoms with E-state index in [4.69, 9.17) is 5.26 Å². The maximum Gasteiger partial charge on any atom is 0.0635 e. The number of nitrogens with one attached hydrogen (secondary N) is 1. The molecular formula is C13H25N3. The topological polar surface area (TPSA) is 39.1 Å². The fraction of sp³-hybridized carbons (Fsp3) is 0.923. The lowest BCUT2D eigenvalue weighted by atomic mass is 10.2. The molecule has 1 aliphatic rings. The fourth-order valence-corrected chi connectivity index (χ4v) is 1.92. The average molecular weight is 223 g/mol. The van der Waals surface area contributed by atoms with E-state index >= 15 is 0 Å². The summed E-state index contributed by atoms with van der Waals surface area (Å²) in [5.74, 6) is 0.690. The van der Waals surface area contributed by atoms with Gasteiger partial charge in [-0.2, -0.15) is 5.26 Å². The van der Waals surface area contributed by atoms with Crippen LogP contribution in [-0.4, -0.2) is 37.1 Å². The predicted octanol–water partition coefficient (Wildman–Crippen LogP) is 2.00. The summed E-state index contributed by atoms with van der Waals surface area (Å²) in [5, 5.41) is 12.1. The Morgan fingerprint density at radius 1 is 1.38 bits per heavy atom. The molecule has 0 radical (unpaired) electrons. The van der Waals surface area contributed by atoms with E-state index in [1.165, 1.54) is 19.3 Å². The highest BCUT2D eigenvalue weighted by Crippen LogP contribution is 2.18. The van der Waals surface area contributed by atoms with Crippen LogP contribution in [-0.2, 0) is 0 Å². The van der Waals surface area contributed by atoms with Crippen molar-refractivity contribution in [2.24, 2.45) is 5.92 Å². The summed E-state index contributed by atoms with van der Waals surface area (Å²) in [6.45, 7) is 8.78. The SMILES string of the molecule is CC(C)CN(CCC#N)CCCNC1CC1. The van der Waals surface area contributed by atoms with Gasteiger partial charge in [0.2, 0.25) is 0 Å². The standard InChI is InChI=1S/C13H25N3/c1-12(2)11-16(9-3-7-14)10-4-8-15-13-5-6-13/h12-13,15H,3-6,8-11H2,1-2H3. The Kier molecular flexibility index (Phi) is 6.44. The van der Waals surface area contributed by atoms with E-state index in [9.17, 15) is 0 Å². The number of nitrogens with zero attached hydrogens (tertiary/aromatic N) is 2. The lowest BCUT2D eigenvalue weighted by Gasteiger charge is -2.23. The molecule has 0 spiro atoms. The van der Waals surface area contributed by atoms with Crippen LogP contribution in [0.2, 0.25) is 0 Å². The third-order valence-corrected chi connectivity index (χ3v) is 2.82. The van der Waals surface area contributed by atoms with E-state index in [-0.39, 0.29) is 0 Å². The normalized spacial score (nSPS) is 15.7. The molecule has 1 saturated carbocycles. The number of hydrogen-bond acceptors (Lipinski definition) is 3. The molecule has 0 aromatic carbocycles. The molecule has 0 aromatic heterocycles. The number of rotatable bonds is 9. The Bertz CT molecular complexity index is 216. The first kappa shape index (κ1) is 13.5. The maximum atomic E-state index is 8.61. The second-order valence-corrected chi connectivity index (χ2v) is 5.18. The molecule has 0 amide bonds. The second kappa shape index (κ2) is 7.65. The van der Waals surface area contributed by atoms with Gasteiger partial charge in [0.25, 0.3) is 0 Å². The molecule has 0 aromatic rings. The lowest BCUT2D eigenvalue weighted by molar-refractivity contribution is 0.245. The monoisotopic (exact) mass is 223 g/mol. The molecule has 1 rings (SSSR count). The largest absolute Gasteiger partial charge is 0.314 e. The smallest absolute Gasteiger partial charge is 0.0635 e. The van der Waals surface area contributed by atoms with Crippen LogP contribution in [0.3, 0.4) is 0 Å². The average Bonchev–Trinajstić information content (AvgIpc) is 3.03. The molecule has 16 heavy (non-hydrogen) atoms. The van der Waals surface area contributed by atoms with E-state index in [0.29, 0.717) is 12.3 Å². The van der Waals surface area contributed by atoms with E-state index in [1.807, 2.05) is 0 Å². The van der Waals surface area contributed by atoms with Crippen LogP contribution in [0.15, 0.2) is 0 Å². The van der Waals surface area contributed by atoms with Gasteiger partial charge in [0.05, 0.1) is 6.07 Å². The van der Waals surface area contributed by atoms with Gasteiger partial charge < -0.3 is 10.2 Å². The van der Waals surface area contributed by atoms with Gasteiger partial charge in [-0.25, -0.2) is 0 Å². The van der Waals surface area contributed by atoms with Gasteiger partial charge in [-0.1, -0.05) is 13.8 Å². The van der Waals surface area contributed by atoms with Crippen molar-refractivity contribution in [3.05, 3.63) is 0 Å². The summed E-state index contributed by atoms with van der Waals surface area (Å²) in [4.78, 5) is 2.42. The summed E-state index contributed by atoms with van der Waals surface area (Å²) in [6.07, 6.45) is 4.59. The van der Waals surface area contributed by atoms with Crippen LogP contribution in [0, 0.1) is 17.2 Å². The molecule has 0 unspecified atom stereocenters. The first-order valence-electron chi connectivity index (χ1n) is 6.55. The van der Waals surface area contributed by atoms with Crippen LogP contribution >= 0.6 is 0 Å². The zero-order valence-corrected chi connectivity index (χ0v) is 10.7. The highest BCUT2D eigenvalue weighted by molar-refractivity contribution is 4.80. The second-order valence-electron chi connectivity index (χ2n) is 5.18. The van der Waals surface area contributed by atoms with Crippen LogP contribution < -0.4 is 5.32 Å². The molecule has 0 heterocycles. The third-order valence-electron chi connectivity index (χ3n) is 2.82. The van der Waals surface area contributed by atoms with Crippen LogP contribution in [0.25, 0.3) is 0 Å². The molecular weight excluding hydrogens is 198 g/mol. The van der Waals surface area contributed by atoms with Crippen molar-refractivity contribution in [2.75, 3.05) is 26.2 Å². The summed E-state index contributed by atoms with van der Waals surface area (Å²) in [7, 11) is 0. The van der Waals surface area contributed by atoms with Gasteiger partial charge in [-0.05, 0) is 38.3 Å². The zero-order chi connectivity index (χ0) is 11.8. The minimum absolute atomic E-state index is 0.656. The van der Waals surface area contributed by atoms with Crippen LogP contribution in [0.4, 0.5) is 0 Å². The van der Waals surface area contributed by atoms with Crippen molar-refractivity contribution in [3.63, 3.8) is 0 Å². The van der Waals surface area contributed by atoms with E-state index in [1.54, 1.807) is 0 Å². The summed E-state index contributed by atoms with van der Waals surface area (Å²) < 4.78 is 0. The van der Waals surface area contributed by atoms with Gasteiger partial charge in [-0.15, -0.1) is 0 Å². The Morgan fingerprint density at radius 2 is 2.12 bits per heavy atom. The fourth-order valence-electron chi connectivity index (χ4n) is 1.92. The molecule has 3 heteroatoms. The van der Waals surface area contributed by atoms with Gasteiger partial charge in [0.1, 0.15) is 0 Å². The first-order valence-corrected chi connectivity index (χ1v) is 6.55. The van der Waals surface area contributed by atoms with Crippen molar-refractivity contribution in [2.45, 2.75) is 45.6 Å². The van der Waals surface area contributed by atoms with Gasteiger partial charge in [0, 0.05) is 25.6 Å². The van der Waals surface area contributed by atoms with E-state index in [0.717, 1.165) is 32.2 Å². The van der Waals surface area contributed by atoms with Crippen molar-refractivity contribution >= 4 is 0 Å². The summed E-state index contributed by atoms with van der Waals surface area (Å²) in [6, 6.07) is 3.05. The Hall–Kier alpha value is -0.590. The molecule has 0 aliphatic heterocycles. The molecule has 92 valence electrons. The Morgan fingerprint density at radius 3 is 2.69 bits per heavy atom. The van der Waals surface area contributed by atoms with Crippen molar-refractivity contribution in [3.8, 4) is 6.07 Å². The number of nitriles is 1. The highest BCUT2D eigenvalue weighted by Gasteiger charge is 2.19. The minimum atomic E-state index is 0.656. The number of hydrogen-bond donors (Lipinski definition) is 1. The Balaban J connectivity index is 2.06.